The molecule has 1 amide bonds. The van der Waals surface area contributed by atoms with Gasteiger partial charge in [0, 0.05) is 10.7 Å². The lowest BCUT2D eigenvalue weighted by atomic mass is 10.2. The van der Waals surface area contributed by atoms with Gasteiger partial charge in [-0.3, -0.25) is 4.79 Å². The molecule has 0 saturated heterocycles. The summed E-state index contributed by atoms with van der Waals surface area (Å²) in [4.78, 5) is 26.3. The van der Waals surface area contributed by atoms with Gasteiger partial charge in [0.15, 0.2) is 0 Å². The SMILES string of the molecule is O=C(O)c1cc(Cl)cc(NC(=O)c2ccc(F)cn2)c1. The first kappa shape index (κ1) is 14.0. The van der Waals surface area contributed by atoms with Crippen LogP contribution in [0.5, 0.6) is 0 Å². The molecule has 1 heterocycles. The fourth-order valence-corrected chi connectivity index (χ4v) is 1.73. The van der Waals surface area contributed by atoms with Crippen LogP contribution in [0.3, 0.4) is 0 Å². The zero-order chi connectivity index (χ0) is 14.7. The Hall–Kier alpha value is -2.47. The quantitative estimate of drug-likeness (QED) is 0.912. The van der Waals surface area contributed by atoms with Gasteiger partial charge < -0.3 is 10.4 Å². The zero-order valence-corrected chi connectivity index (χ0v) is 10.7. The normalized spacial score (nSPS) is 10.1. The Morgan fingerprint density at radius 3 is 2.60 bits per heavy atom. The molecule has 0 aliphatic carbocycles. The number of nitrogens with zero attached hydrogens (tertiary/aromatic N) is 1. The van der Waals surface area contributed by atoms with Crippen LogP contribution in [-0.2, 0) is 0 Å². The van der Waals surface area contributed by atoms with Crippen molar-refractivity contribution in [2.45, 2.75) is 0 Å². The Balaban J connectivity index is 2.23. The van der Waals surface area contributed by atoms with Gasteiger partial charge in [0.2, 0.25) is 0 Å². The maximum atomic E-state index is 12.7. The minimum absolute atomic E-state index is 0.00301. The van der Waals surface area contributed by atoms with E-state index in [2.05, 4.69) is 10.3 Å². The van der Waals surface area contributed by atoms with Crippen LogP contribution in [0, 0.1) is 5.82 Å². The molecule has 2 N–H and O–H groups in total. The van der Waals surface area contributed by atoms with Crippen LogP contribution in [0.15, 0.2) is 36.5 Å². The van der Waals surface area contributed by atoms with Gasteiger partial charge in [0.25, 0.3) is 5.91 Å². The summed E-state index contributed by atoms with van der Waals surface area (Å²) in [6.07, 6.45) is 0.912. The molecule has 102 valence electrons. The Bertz CT molecular complexity index is 674. The summed E-state index contributed by atoms with van der Waals surface area (Å²) in [5.41, 5.74) is 0.161. The number of anilines is 1. The van der Waals surface area contributed by atoms with Crippen molar-refractivity contribution in [3.05, 3.63) is 58.6 Å². The lowest BCUT2D eigenvalue weighted by Crippen LogP contribution is -2.14. The molecule has 0 saturated carbocycles. The molecule has 1 aromatic heterocycles. The number of amides is 1. The van der Waals surface area contributed by atoms with E-state index in [1.54, 1.807) is 0 Å². The summed E-state index contributed by atoms with van der Waals surface area (Å²) in [6.45, 7) is 0. The van der Waals surface area contributed by atoms with E-state index in [0.29, 0.717) is 0 Å². The smallest absolute Gasteiger partial charge is 0.335 e. The van der Waals surface area contributed by atoms with E-state index >= 15 is 0 Å². The summed E-state index contributed by atoms with van der Waals surface area (Å²) in [5, 5.41) is 11.5. The minimum atomic E-state index is -1.16. The third-order valence-electron chi connectivity index (χ3n) is 2.36. The number of carbonyl (C=O) groups excluding carboxylic acids is 1. The van der Waals surface area contributed by atoms with Gasteiger partial charge in [-0.2, -0.15) is 0 Å². The van der Waals surface area contributed by atoms with Gasteiger partial charge in [-0.15, -0.1) is 0 Å². The predicted molar refractivity (Wildman–Crippen MR) is 70.6 cm³/mol. The average Bonchev–Trinajstić information content (AvgIpc) is 2.38. The molecule has 7 heteroatoms. The highest BCUT2D eigenvalue weighted by Crippen LogP contribution is 2.19. The van der Waals surface area contributed by atoms with Crippen molar-refractivity contribution in [3.63, 3.8) is 0 Å². The molecular weight excluding hydrogens is 287 g/mol. The minimum Gasteiger partial charge on any atom is -0.478 e. The molecule has 0 spiro atoms. The Labute approximate surface area is 118 Å². The molecule has 2 aromatic rings. The number of benzene rings is 1. The summed E-state index contributed by atoms with van der Waals surface area (Å²) in [6, 6.07) is 6.23. The number of hydrogen-bond donors (Lipinski definition) is 2. The monoisotopic (exact) mass is 294 g/mol. The molecule has 20 heavy (non-hydrogen) atoms. The molecular formula is C13H8ClFN2O3. The van der Waals surface area contributed by atoms with Crippen LogP contribution in [-0.4, -0.2) is 22.0 Å². The first-order valence-electron chi connectivity index (χ1n) is 5.42. The molecule has 0 atom stereocenters. The highest BCUT2D eigenvalue weighted by molar-refractivity contribution is 6.31. The molecule has 0 radical (unpaired) electrons. The Kier molecular flexibility index (Phi) is 3.95. The van der Waals surface area contributed by atoms with Gasteiger partial charge in [-0.25, -0.2) is 14.2 Å². The fraction of sp³-hybridized carbons (Fsp3) is 0. The van der Waals surface area contributed by atoms with Gasteiger partial charge in [-0.05, 0) is 30.3 Å². The third-order valence-corrected chi connectivity index (χ3v) is 2.58. The van der Waals surface area contributed by atoms with Crippen LogP contribution in [0.4, 0.5) is 10.1 Å². The lowest BCUT2D eigenvalue weighted by Gasteiger charge is -2.06. The van der Waals surface area contributed by atoms with Crippen LogP contribution >= 0.6 is 11.6 Å². The number of carboxylic acid groups (broad SMARTS) is 1. The molecule has 1 aromatic carbocycles. The van der Waals surface area contributed by atoms with Gasteiger partial charge >= 0.3 is 5.97 Å². The third kappa shape index (κ3) is 3.30. The van der Waals surface area contributed by atoms with Crippen molar-refractivity contribution in [2.24, 2.45) is 0 Å². The van der Waals surface area contributed by atoms with Crippen LogP contribution in [0.2, 0.25) is 5.02 Å². The molecule has 0 fully saturated rings. The highest BCUT2D eigenvalue weighted by atomic mass is 35.5. The fourth-order valence-electron chi connectivity index (χ4n) is 1.49. The predicted octanol–water partition coefficient (Wildman–Crippen LogP) is 2.82. The van der Waals surface area contributed by atoms with E-state index in [1.807, 2.05) is 0 Å². The number of nitrogens with one attached hydrogen (secondary N) is 1. The number of halogens is 2. The Morgan fingerprint density at radius 1 is 1.25 bits per heavy atom. The van der Waals surface area contributed by atoms with E-state index in [1.165, 1.54) is 24.3 Å². The number of carboxylic acids is 1. The number of carbonyl (C=O) groups is 2. The second kappa shape index (κ2) is 5.66. The van der Waals surface area contributed by atoms with Crippen molar-refractivity contribution in [1.82, 2.24) is 4.98 Å². The van der Waals surface area contributed by atoms with E-state index < -0.39 is 17.7 Å². The van der Waals surface area contributed by atoms with E-state index in [9.17, 15) is 14.0 Å². The van der Waals surface area contributed by atoms with Gasteiger partial charge in [-0.1, -0.05) is 11.6 Å². The molecule has 2 rings (SSSR count). The van der Waals surface area contributed by atoms with E-state index in [0.717, 1.165) is 12.3 Å². The summed E-state index contributed by atoms with van der Waals surface area (Å²) in [7, 11) is 0. The molecule has 0 unspecified atom stereocenters. The van der Waals surface area contributed by atoms with Crippen LogP contribution in [0.25, 0.3) is 0 Å². The van der Waals surface area contributed by atoms with Gasteiger partial charge in [0.1, 0.15) is 11.5 Å². The topological polar surface area (TPSA) is 79.3 Å². The lowest BCUT2D eigenvalue weighted by molar-refractivity contribution is 0.0696. The molecule has 0 bridgehead atoms. The van der Waals surface area contributed by atoms with Crippen molar-refractivity contribution in [3.8, 4) is 0 Å². The number of pyridine rings is 1. The standard InChI is InChI=1S/C13H8ClFN2O3/c14-8-3-7(13(19)20)4-10(5-8)17-12(18)11-2-1-9(15)6-16-11/h1-6H,(H,17,18)(H,19,20). The highest BCUT2D eigenvalue weighted by Gasteiger charge is 2.11. The second-order valence-electron chi connectivity index (χ2n) is 3.85. The average molecular weight is 295 g/mol. The summed E-state index contributed by atoms with van der Waals surface area (Å²) >= 11 is 5.76. The maximum absolute atomic E-state index is 12.7. The number of aromatic carboxylic acids is 1. The largest absolute Gasteiger partial charge is 0.478 e. The van der Waals surface area contributed by atoms with Crippen molar-refractivity contribution in [2.75, 3.05) is 5.32 Å². The summed E-state index contributed by atoms with van der Waals surface area (Å²) < 4.78 is 12.7. The van der Waals surface area contributed by atoms with Crippen LogP contribution < -0.4 is 5.32 Å². The molecule has 0 aliphatic heterocycles. The number of hydrogen-bond acceptors (Lipinski definition) is 3. The zero-order valence-electron chi connectivity index (χ0n) is 9.93. The van der Waals surface area contributed by atoms with Gasteiger partial charge in [0.05, 0.1) is 11.8 Å². The Morgan fingerprint density at radius 2 is 2.00 bits per heavy atom. The number of rotatable bonds is 3. The van der Waals surface area contributed by atoms with Crippen molar-refractivity contribution in [1.29, 1.82) is 0 Å². The first-order valence-corrected chi connectivity index (χ1v) is 5.80. The summed E-state index contributed by atoms with van der Waals surface area (Å²) in [5.74, 6) is -2.32. The van der Waals surface area contributed by atoms with Crippen molar-refractivity contribution < 1.29 is 19.1 Å². The van der Waals surface area contributed by atoms with Crippen molar-refractivity contribution >= 4 is 29.2 Å². The van der Waals surface area contributed by atoms with Crippen LogP contribution in [0.1, 0.15) is 20.8 Å². The first-order chi connectivity index (χ1) is 9.45. The molecule has 0 aliphatic rings. The maximum Gasteiger partial charge on any atom is 0.335 e. The van der Waals surface area contributed by atoms with E-state index in [-0.39, 0.29) is 22.0 Å². The second-order valence-corrected chi connectivity index (χ2v) is 4.29. The van der Waals surface area contributed by atoms with E-state index in [4.69, 9.17) is 16.7 Å². The molecule has 5 nitrogen and oxygen atoms in total. The number of aromatic nitrogens is 1.